The molecule has 0 atom stereocenters. The van der Waals surface area contributed by atoms with Crippen molar-refractivity contribution in [3.05, 3.63) is 88.3 Å². The zero-order valence-corrected chi connectivity index (χ0v) is 16.8. The molecule has 2 aromatic carbocycles. The van der Waals surface area contributed by atoms with Crippen molar-refractivity contribution in [3.63, 3.8) is 0 Å². The third kappa shape index (κ3) is 3.85. The van der Waals surface area contributed by atoms with Crippen LogP contribution in [-0.4, -0.2) is 34.2 Å². The zero-order chi connectivity index (χ0) is 20.6. The summed E-state index contributed by atoms with van der Waals surface area (Å²) in [6.45, 7) is 0. The lowest BCUT2D eigenvalue weighted by Gasteiger charge is -2.10. The first-order chi connectivity index (χ1) is 13.8. The predicted molar refractivity (Wildman–Crippen MR) is 111 cm³/mol. The molecule has 0 aliphatic rings. The van der Waals surface area contributed by atoms with Gasteiger partial charge in [0, 0.05) is 23.5 Å². The van der Waals surface area contributed by atoms with Gasteiger partial charge in [-0.05, 0) is 42.5 Å². The summed E-state index contributed by atoms with van der Waals surface area (Å²) < 4.78 is 26.7. The quantitative estimate of drug-likeness (QED) is 0.500. The molecular formula is C20H15ClN4O3S. The van der Waals surface area contributed by atoms with Gasteiger partial charge in [-0.3, -0.25) is 4.79 Å². The highest BCUT2D eigenvalue weighted by atomic mass is 35.5. The molecule has 9 heteroatoms. The van der Waals surface area contributed by atoms with Crippen LogP contribution in [0.2, 0.25) is 5.02 Å². The van der Waals surface area contributed by atoms with Crippen LogP contribution >= 0.6 is 11.6 Å². The van der Waals surface area contributed by atoms with Gasteiger partial charge in [0.1, 0.15) is 0 Å². The van der Waals surface area contributed by atoms with Crippen molar-refractivity contribution < 1.29 is 8.42 Å². The van der Waals surface area contributed by atoms with Crippen LogP contribution in [0.25, 0.3) is 22.8 Å². The second kappa shape index (κ2) is 7.31. The molecule has 0 unspecified atom stereocenters. The van der Waals surface area contributed by atoms with E-state index in [1.165, 1.54) is 29.1 Å². The number of nitrogens with zero attached hydrogens (tertiary/aromatic N) is 4. The van der Waals surface area contributed by atoms with Gasteiger partial charge in [-0.1, -0.05) is 23.7 Å². The number of aromatic nitrogens is 4. The van der Waals surface area contributed by atoms with E-state index in [9.17, 15) is 13.2 Å². The Labute approximate surface area is 171 Å². The van der Waals surface area contributed by atoms with Crippen LogP contribution in [0, 0.1) is 0 Å². The van der Waals surface area contributed by atoms with Crippen molar-refractivity contribution in [2.75, 3.05) is 6.26 Å². The summed E-state index contributed by atoms with van der Waals surface area (Å²) >= 11 is 6.08. The maximum absolute atomic E-state index is 12.5. The fourth-order valence-electron chi connectivity index (χ4n) is 2.88. The van der Waals surface area contributed by atoms with E-state index in [4.69, 9.17) is 11.6 Å². The Hall–Kier alpha value is -3.23. The largest absolute Gasteiger partial charge is 0.287 e. The van der Waals surface area contributed by atoms with E-state index in [0.29, 0.717) is 22.1 Å². The highest BCUT2D eigenvalue weighted by Gasteiger charge is 2.15. The summed E-state index contributed by atoms with van der Waals surface area (Å²) in [6.07, 6.45) is 4.20. The molecule has 29 heavy (non-hydrogen) atoms. The first kappa shape index (κ1) is 19.1. The lowest BCUT2D eigenvalue weighted by molar-refractivity contribution is 0.601. The Morgan fingerprint density at radius 3 is 2.48 bits per heavy atom. The highest BCUT2D eigenvalue weighted by Crippen LogP contribution is 2.21. The van der Waals surface area contributed by atoms with Crippen LogP contribution in [0.15, 0.2) is 82.7 Å². The van der Waals surface area contributed by atoms with Crippen molar-refractivity contribution >= 4 is 21.4 Å². The van der Waals surface area contributed by atoms with Gasteiger partial charge >= 0.3 is 0 Å². The summed E-state index contributed by atoms with van der Waals surface area (Å²) in [5.74, 6) is 0. The summed E-state index contributed by atoms with van der Waals surface area (Å²) in [7, 11) is -3.37. The number of hydrogen-bond acceptors (Lipinski definition) is 5. The minimum atomic E-state index is -3.37. The second-order valence-corrected chi connectivity index (χ2v) is 8.80. The molecular weight excluding hydrogens is 412 g/mol. The molecule has 0 aliphatic heterocycles. The third-order valence-electron chi connectivity index (χ3n) is 4.26. The maximum Gasteiger partial charge on any atom is 0.209 e. The van der Waals surface area contributed by atoms with Gasteiger partial charge in [-0.15, -0.1) is 0 Å². The minimum Gasteiger partial charge on any atom is -0.287 e. The molecule has 4 rings (SSSR count). The Balaban J connectivity index is 1.85. The number of rotatable bonds is 4. The number of benzene rings is 2. The minimum absolute atomic E-state index is 0.168. The maximum atomic E-state index is 12.5. The van der Waals surface area contributed by atoms with Gasteiger partial charge in [0.05, 0.1) is 28.2 Å². The smallest absolute Gasteiger partial charge is 0.209 e. The van der Waals surface area contributed by atoms with Crippen molar-refractivity contribution in [2.45, 2.75) is 4.90 Å². The first-order valence-electron chi connectivity index (χ1n) is 8.54. The number of sulfone groups is 1. The van der Waals surface area contributed by atoms with Crippen molar-refractivity contribution in [1.82, 2.24) is 19.6 Å². The fourth-order valence-corrected chi connectivity index (χ4v) is 3.73. The van der Waals surface area contributed by atoms with Crippen LogP contribution in [0.4, 0.5) is 0 Å². The average Bonchev–Trinajstić information content (AvgIpc) is 3.17. The van der Waals surface area contributed by atoms with Gasteiger partial charge in [-0.2, -0.15) is 10.2 Å². The monoisotopic (exact) mass is 426 g/mol. The van der Waals surface area contributed by atoms with E-state index < -0.39 is 9.84 Å². The van der Waals surface area contributed by atoms with Gasteiger partial charge in [-0.25, -0.2) is 17.8 Å². The molecule has 0 N–H and O–H groups in total. The standard InChI is InChI=1S/C20H15ClN4O3S/c1-29(27,28)17-7-3-5-15(13-17)24-11-9-19(26)20(23-24)18-8-10-22-25(18)16-6-2-4-14(21)12-16/h2-13H,1H3. The van der Waals surface area contributed by atoms with Crippen LogP contribution in [0.5, 0.6) is 0 Å². The molecule has 146 valence electrons. The van der Waals surface area contributed by atoms with Crippen molar-refractivity contribution in [2.24, 2.45) is 0 Å². The SMILES string of the molecule is CS(=O)(=O)c1cccc(-n2ccc(=O)c(-c3ccnn3-c3cccc(Cl)c3)n2)c1. The normalized spacial score (nSPS) is 11.5. The van der Waals surface area contributed by atoms with E-state index in [-0.39, 0.29) is 16.0 Å². The van der Waals surface area contributed by atoms with Crippen molar-refractivity contribution in [1.29, 1.82) is 0 Å². The molecule has 2 heterocycles. The summed E-state index contributed by atoms with van der Waals surface area (Å²) in [5.41, 5.74) is 1.58. The molecule has 0 amide bonds. The predicted octanol–water partition coefficient (Wildman–Crippen LogP) is 3.14. The molecule has 0 bridgehead atoms. The topological polar surface area (TPSA) is 86.9 Å². The van der Waals surface area contributed by atoms with E-state index in [1.807, 2.05) is 6.07 Å². The number of hydrogen-bond donors (Lipinski definition) is 0. The summed E-state index contributed by atoms with van der Waals surface area (Å²) in [4.78, 5) is 12.7. The van der Waals surface area contributed by atoms with Gasteiger partial charge in [0.15, 0.2) is 15.5 Å². The molecule has 0 saturated carbocycles. The molecule has 0 fully saturated rings. The summed E-state index contributed by atoms with van der Waals surface area (Å²) in [5, 5.41) is 9.26. The third-order valence-corrected chi connectivity index (χ3v) is 5.60. The number of halogens is 1. The molecule has 0 saturated heterocycles. The van der Waals surface area contributed by atoms with Gasteiger partial charge < -0.3 is 0 Å². The molecule has 0 spiro atoms. The zero-order valence-electron chi connectivity index (χ0n) is 15.2. The van der Waals surface area contributed by atoms with Crippen LogP contribution in [0.3, 0.4) is 0 Å². The van der Waals surface area contributed by atoms with E-state index in [1.54, 1.807) is 47.3 Å². The van der Waals surface area contributed by atoms with E-state index in [2.05, 4.69) is 10.2 Å². The average molecular weight is 427 g/mol. The van der Waals surface area contributed by atoms with Crippen LogP contribution in [0.1, 0.15) is 0 Å². The molecule has 2 aromatic heterocycles. The molecule has 4 aromatic rings. The molecule has 0 aliphatic carbocycles. The van der Waals surface area contributed by atoms with Crippen LogP contribution in [-0.2, 0) is 9.84 Å². The van der Waals surface area contributed by atoms with Gasteiger partial charge in [0.25, 0.3) is 0 Å². The van der Waals surface area contributed by atoms with E-state index >= 15 is 0 Å². The first-order valence-corrected chi connectivity index (χ1v) is 10.8. The lowest BCUT2D eigenvalue weighted by Crippen LogP contribution is -2.15. The van der Waals surface area contributed by atoms with Crippen molar-refractivity contribution in [3.8, 4) is 22.8 Å². The highest BCUT2D eigenvalue weighted by molar-refractivity contribution is 7.90. The Bertz CT molecular complexity index is 1380. The lowest BCUT2D eigenvalue weighted by atomic mass is 10.2. The molecule has 0 radical (unpaired) electrons. The Kier molecular flexibility index (Phi) is 4.81. The summed E-state index contributed by atoms with van der Waals surface area (Å²) in [6, 6.07) is 16.5. The molecule has 7 nitrogen and oxygen atoms in total. The Morgan fingerprint density at radius 2 is 1.72 bits per heavy atom. The van der Waals surface area contributed by atoms with Gasteiger partial charge in [0.2, 0.25) is 5.43 Å². The second-order valence-electron chi connectivity index (χ2n) is 6.35. The van der Waals surface area contributed by atoms with Crippen LogP contribution < -0.4 is 5.43 Å². The Morgan fingerprint density at radius 1 is 0.966 bits per heavy atom. The van der Waals surface area contributed by atoms with E-state index in [0.717, 1.165) is 6.26 Å². The fraction of sp³-hybridized carbons (Fsp3) is 0.0500.